The molecule has 0 amide bonds. The van der Waals surface area contributed by atoms with Crippen LogP contribution in [0.2, 0.25) is 0 Å². The lowest BCUT2D eigenvalue weighted by molar-refractivity contribution is -0.140. The molecule has 0 spiro atoms. The van der Waals surface area contributed by atoms with Crippen molar-refractivity contribution in [2.75, 3.05) is 26.9 Å². The van der Waals surface area contributed by atoms with Crippen LogP contribution < -0.4 is 19.6 Å². The Morgan fingerprint density at radius 2 is 1.97 bits per heavy atom. The van der Waals surface area contributed by atoms with Gasteiger partial charge in [0, 0.05) is 17.1 Å². The highest BCUT2D eigenvalue weighted by Crippen LogP contribution is 2.32. The van der Waals surface area contributed by atoms with Gasteiger partial charge in [-0.25, -0.2) is 9.79 Å². The molecule has 0 bridgehead atoms. The van der Waals surface area contributed by atoms with Crippen LogP contribution in [0.3, 0.4) is 0 Å². The van der Waals surface area contributed by atoms with E-state index in [2.05, 4.69) is 40.7 Å². The molecule has 0 fully saturated rings. The number of rotatable bonds is 9. The summed E-state index contributed by atoms with van der Waals surface area (Å²) in [4.78, 5) is 32.4. The Morgan fingerprint density at radius 3 is 2.64 bits per heavy atom. The molecule has 2 aromatic carbocycles. The van der Waals surface area contributed by atoms with Gasteiger partial charge in [0.15, 0.2) is 4.80 Å². The minimum absolute atomic E-state index is 0.0961. The summed E-state index contributed by atoms with van der Waals surface area (Å²) >= 11 is 4.74. The SMILES string of the molecule is C#CCOc1ccc(Br)cc1C=c1sc2n(c1=O)C(c1ccc(C(C)C)cc1)C(C(=O)OCCOC)=C(C)N=2. The van der Waals surface area contributed by atoms with Crippen LogP contribution in [0.15, 0.2) is 68.0 Å². The van der Waals surface area contributed by atoms with Crippen LogP contribution in [-0.2, 0) is 14.3 Å². The van der Waals surface area contributed by atoms with E-state index >= 15 is 0 Å². The summed E-state index contributed by atoms with van der Waals surface area (Å²) in [6.07, 6.45) is 7.14. The largest absolute Gasteiger partial charge is 0.480 e. The molecule has 1 aliphatic heterocycles. The molecule has 0 aliphatic carbocycles. The van der Waals surface area contributed by atoms with E-state index in [-0.39, 0.29) is 25.4 Å². The summed E-state index contributed by atoms with van der Waals surface area (Å²) in [6.45, 7) is 6.46. The first-order valence-electron chi connectivity index (χ1n) is 12.4. The Balaban J connectivity index is 1.89. The van der Waals surface area contributed by atoms with Crippen LogP contribution in [0.5, 0.6) is 5.75 Å². The number of esters is 1. The highest BCUT2D eigenvalue weighted by molar-refractivity contribution is 9.10. The molecule has 202 valence electrons. The standard InChI is InChI=1S/C30H29BrN2O5S/c1-6-13-37-24-12-11-23(31)16-22(24)17-25-28(34)33-27(21-9-7-20(8-10-21)18(2)3)26(19(4)32-30(33)39-25)29(35)38-15-14-36-5/h1,7-12,16-18,27H,13-15H2,2-5H3. The predicted octanol–water partition coefficient (Wildman–Crippen LogP) is 4.32. The molecule has 9 heteroatoms. The molecule has 0 N–H and O–H groups in total. The number of allylic oxidation sites excluding steroid dienone is 1. The number of hydrogen-bond donors (Lipinski definition) is 0. The van der Waals surface area contributed by atoms with E-state index in [0.717, 1.165) is 15.6 Å². The molecule has 0 saturated carbocycles. The quantitative estimate of drug-likeness (QED) is 0.205. The second-order valence-electron chi connectivity index (χ2n) is 9.21. The van der Waals surface area contributed by atoms with E-state index in [1.165, 1.54) is 18.4 Å². The fourth-order valence-corrected chi connectivity index (χ4v) is 5.70. The van der Waals surface area contributed by atoms with Gasteiger partial charge in [0.25, 0.3) is 5.56 Å². The number of aromatic nitrogens is 1. The summed E-state index contributed by atoms with van der Waals surface area (Å²) < 4.78 is 19.1. The molecule has 3 aromatic rings. The summed E-state index contributed by atoms with van der Waals surface area (Å²) in [5.41, 5.74) is 3.20. The zero-order valence-electron chi connectivity index (χ0n) is 22.2. The number of fused-ring (bicyclic) bond motifs is 1. The molecule has 0 radical (unpaired) electrons. The number of hydrogen-bond acceptors (Lipinski definition) is 7. The van der Waals surface area contributed by atoms with Gasteiger partial charge in [-0.15, -0.1) is 6.42 Å². The molecule has 1 atom stereocenters. The highest BCUT2D eigenvalue weighted by atomic mass is 79.9. The third kappa shape index (κ3) is 6.25. The Bertz CT molecular complexity index is 1630. The van der Waals surface area contributed by atoms with Gasteiger partial charge in [0.2, 0.25) is 0 Å². The summed E-state index contributed by atoms with van der Waals surface area (Å²) in [5, 5.41) is 0. The van der Waals surface area contributed by atoms with Crippen LogP contribution in [0.4, 0.5) is 0 Å². The lowest BCUT2D eigenvalue weighted by Gasteiger charge is -2.25. The Labute approximate surface area is 239 Å². The Kier molecular flexibility index (Phi) is 9.23. The number of thiazole rings is 1. The van der Waals surface area contributed by atoms with Crippen molar-refractivity contribution in [3.05, 3.63) is 94.6 Å². The monoisotopic (exact) mass is 608 g/mol. The molecular weight excluding hydrogens is 580 g/mol. The van der Waals surface area contributed by atoms with Crippen molar-refractivity contribution in [1.29, 1.82) is 0 Å². The zero-order chi connectivity index (χ0) is 28.1. The van der Waals surface area contributed by atoms with Crippen molar-refractivity contribution in [3.63, 3.8) is 0 Å². The average molecular weight is 610 g/mol. The topological polar surface area (TPSA) is 79.1 Å². The fourth-order valence-electron chi connectivity index (χ4n) is 4.28. The number of ether oxygens (including phenoxy) is 3. The molecular formula is C30H29BrN2O5S. The second kappa shape index (κ2) is 12.6. The maximum absolute atomic E-state index is 13.9. The molecule has 0 saturated heterocycles. The van der Waals surface area contributed by atoms with E-state index in [0.29, 0.717) is 37.8 Å². The zero-order valence-corrected chi connectivity index (χ0v) is 24.6. The van der Waals surface area contributed by atoms with Gasteiger partial charge in [-0.05, 0) is 48.2 Å². The number of carbonyl (C=O) groups excluding carboxylic acids is 1. The van der Waals surface area contributed by atoms with Crippen molar-refractivity contribution in [1.82, 2.24) is 4.57 Å². The van der Waals surface area contributed by atoms with Crippen LogP contribution in [-0.4, -0.2) is 37.5 Å². The van der Waals surface area contributed by atoms with Gasteiger partial charge in [-0.2, -0.15) is 0 Å². The number of methoxy groups -OCH3 is 1. The maximum atomic E-state index is 13.9. The minimum atomic E-state index is -0.695. The molecule has 2 heterocycles. The Hall–Kier alpha value is -3.45. The second-order valence-corrected chi connectivity index (χ2v) is 11.1. The molecule has 39 heavy (non-hydrogen) atoms. The van der Waals surface area contributed by atoms with Gasteiger partial charge < -0.3 is 14.2 Å². The third-order valence-electron chi connectivity index (χ3n) is 6.25. The molecule has 4 rings (SSSR count). The first-order chi connectivity index (χ1) is 18.7. The van der Waals surface area contributed by atoms with E-state index in [1.54, 1.807) is 23.6 Å². The van der Waals surface area contributed by atoms with E-state index in [9.17, 15) is 9.59 Å². The fraction of sp³-hybridized carbons (Fsp3) is 0.300. The number of carbonyl (C=O) groups is 1. The molecule has 1 aromatic heterocycles. The van der Waals surface area contributed by atoms with Crippen LogP contribution in [0.1, 0.15) is 49.4 Å². The third-order valence-corrected chi connectivity index (χ3v) is 7.73. The summed E-state index contributed by atoms with van der Waals surface area (Å²) in [6, 6.07) is 12.8. The van der Waals surface area contributed by atoms with Gasteiger partial charge in [0.1, 0.15) is 19.0 Å². The van der Waals surface area contributed by atoms with E-state index in [4.69, 9.17) is 20.6 Å². The maximum Gasteiger partial charge on any atom is 0.338 e. The average Bonchev–Trinajstić information content (AvgIpc) is 3.21. The van der Waals surface area contributed by atoms with Crippen LogP contribution in [0, 0.1) is 12.3 Å². The van der Waals surface area contributed by atoms with Gasteiger partial charge in [0.05, 0.1) is 28.5 Å². The normalized spacial score (nSPS) is 15.1. The van der Waals surface area contributed by atoms with Crippen molar-refractivity contribution in [2.45, 2.75) is 32.7 Å². The van der Waals surface area contributed by atoms with Crippen molar-refractivity contribution in [3.8, 4) is 18.1 Å². The number of terminal acetylenes is 1. The van der Waals surface area contributed by atoms with Gasteiger partial charge in [-0.3, -0.25) is 9.36 Å². The van der Waals surface area contributed by atoms with Crippen molar-refractivity contribution < 1.29 is 19.0 Å². The van der Waals surface area contributed by atoms with Crippen LogP contribution in [0.25, 0.3) is 6.08 Å². The number of nitrogens with zero attached hydrogens (tertiary/aromatic N) is 2. The minimum Gasteiger partial charge on any atom is -0.480 e. The predicted molar refractivity (Wildman–Crippen MR) is 156 cm³/mol. The van der Waals surface area contributed by atoms with Crippen LogP contribution >= 0.6 is 27.3 Å². The first kappa shape index (κ1) is 28.6. The summed E-state index contributed by atoms with van der Waals surface area (Å²) in [5.74, 6) is 2.83. The van der Waals surface area contributed by atoms with Crippen molar-refractivity contribution in [2.24, 2.45) is 4.99 Å². The first-order valence-corrected chi connectivity index (χ1v) is 14.0. The Morgan fingerprint density at radius 1 is 1.23 bits per heavy atom. The van der Waals surface area contributed by atoms with Gasteiger partial charge in [-0.1, -0.05) is 71.3 Å². The smallest absolute Gasteiger partial charge is 0.338 e. The highest BCUT2D eigenvalue weighted by Gasteiger charge is 2.33. The number of halogens is 1. The molecule has 1 unspecified atom stereocenters. The molecule has 1 aliphatic rings. The lowest BCUT2D eigenvalue weighted by Crippen LogP contribution is -2.40. The van der Waals surface area contributed by atoms with E-state index in [1.807, 2.05) is 36.4 Å². The van der Waals surface area contributed by atoms with Crippen molar-refractivity contribution >= 4 is 39.3 Å². The van der Waals surface area contributed by atoms with E-state index < -0.39 is 12.0 Å². The summed E-state index contributed by atoms with van der Waals surface area (Å²) in [7, 11) is 1.54. The van der Waals surface area contributed by atoms with Gasteiger partial charge >= 0.3 is 5.97 Å². The molecule has 7 nitrogen and oxygen atoms in total. The lowest BCUT2D eigenvalue weighted by atomic mass is 9.93. The number of benzene rings is 2.